The van der Waals surface area contributed by atoms with E-state index in [1.807, 2.05) is 0 Å². The van der Waals surface area contributed by atoms with Gasteiger partial charge in [0.2, 0.25) is 11.2 Å². The number of fused-ring (bicyclic) bond motifs is 1. The van der Waals surface area contributed by atoms with Crippen molar-refractivity contribution in [2.75, 3.05) is 24.6 Å². The lowest BCUT2D eigenvalue weighted by Crippen LogP contribution is -2.44. The first-order valence-corrected chi connectivity index (χ1v) is 14.4. The summed E-state index contributed by atoms with van der Waals surface area (Å²) in [5.74, 6) is 0.138. The molecule has 1 saturated heterocycles. The van der Waals surface area contributed by atoms with Gasteiger partial charge in [-0.05, 0) is 49.3 Å². The van der Waals surface area contributed by atoms with Gasteiger partial charge in [0, 0.05) is 25.3 Å². The van der Waals surface area contributed by atoms with E-state index in [1.54, 1.807) is 16.8 Å². The Balaban J connectivity index is 1.36. The van der Waals surface area contributed by atoms with Crippen LogP contribution >= 0.6 is 19.2 Å². The van der Waals surface area contributed by atoms with E-state index in [9.17, 15) is 29.4 Å². The molecule has 1 aliphatic heterocycles. The van der Waals surface area contributed by atoms with Crippen molar-refractivity contribution >= 4 is 42.0 Å². The maximum Gasteiger partial charge on any atom is 0.334 e. The quantitative estimate of drug-likeness (QED) is 0.230. The molecule has 3 heterocycles. The van der Waals surface area contributed by atoms with Crippen molar-refractivity contribution in [3.05, 3.63) is 17.5 Å². The van der Waals surface area contributed by atoms with Crippen LogP contribution in [0.25, 0.3) is 11.0 Å². The van der Waals surface area contributed by atoms with E-state index < -0.39 is 44.2 Å². The van der Waals surface area contributed by atoms with Crippen LogP contribution in [0.3, 0.4) is 0 Å². The molecule has 1 amide bonds. The lowest BCUT2D eigenvalue weighted by Gasteiger charge is -2.27. The predicted molar refractivity (Wildman–Crippen MR) is 131 cm³/mol. The van der Waals surface area contributed by atoms with Crippen molar-refractivity contribution in [3.63, 3.8) is 0 Å². The van der Waals surface area contributed by atoms with Crippen LogP contribution in [0.2, 0.25) is 5.28 Å². The van der Waals surface area contributed by atoms with Crippen LogP contribution in [0.5, 0.6) is 0 Å². The Morgan fingerprint density at radius 1 is 1.17 bits per heavy atom. The largest absolute Gasteiger partial charge is 0.387 e. The number of amides is 1. The van der Waals surface area contributed by atoms with Crippen molar-refractivity contribution in [2.45, 2.75) is 69.1 Å². The maximum atomic E-state index is 12.6. The molecule has 14 heteroatoms. The van der Waals surface area contributed by atoms with Gasteiger partial charge in [0.25, 0.3) is 0 Å². The van der Waals surface area contributed by atoms with E-state index in [4.69, 9.17) is 16.3 Å². The van der Waals surface area contributed by atoms with Crippen LogP contribution in [-0.4, -0.2) is 88.9 Å². The number of carbonyl (C=O) groups excluding carboxylic acids is 1. The van der Waals surface area contributed by atoms with E-state index in [2.05, 4.69) is 15.3 Å². The van der Waals surface area contributed by atoms with Gasteiger partial charge in [-0.1, -0.05) is 12.8 Å². The Labute approximate surface area is 212 Å². The number of aliphatic hydroxyl groups is 2. The standard InChI is InChI=1S/C22H31ClN5O7P/c23-22-25-19(24-13-3-1-2-4-13)14-7-8-28(20(14)26-22)21-18(31)17(30)15(35-21)10-27(9-12-5-6-12)16(29)11-36(32,33)34/h7-8,12-13,15,17-18,21,30-31H,1-6,9-11H2,(H,24,25,26)(H2,32,33,34)/t15-,17-,18-,21-/m1/s1. The average Bonchev–Trinajstić information content (AvgIpc) is 3.16. The highest BCUT2D eigenvalue weighted by Gasteiger charge is 2.46. The molecule has 5 N–H and O–H groups in total. The van der Waals surface area contributed by atoms with E-state index in [0.717, 1.165) is 38.5 Å². The van der Waals surface area contributed by atoms with Gasteiger partial charge in [-0.15, -0.1) is 0 Å². The van der Waals surface area contributed by atoms with Crippen molar-refractivity contribution in [1.29, 1.82) is 0 Å². The first kappa shape index (κ1) is 25.8. The van der Waals surface area contributed by atoms with Crippen LogP contribution in [0, 0.1) is 5.92 Å². The number of rotatable bonds is 9. The summed E-state index contributed by atoms with van der Waals surface area (Å²) in [6.07, 6.45) is 2.37. The third kappa shape index (κ3) is 5.70. The molecule has 4 atom stereocenters. The molecule has 198 valence electrons. The number of ether oxygens (including phenoxy) is 1. The maximum absolute atomic E-state index is 12.6. The molecule has 3 aliphatic rings. The van der Waals surface area contributed by atoms with Crippen molar-refractivity contribution < 1.29 is 34.1 Å². The molecule has 0 spiro atoms. The molecule has 0 aromatic carbocycles. The summed E-state index contributed by atoms with van der Waals surface area (Å²) in [6.45, 7) is 0.213. The number of carbonyl (C=O) groups is 1. The molecule has 2 aliphatic carbocycles. The van der Waals surface area contributed by atoms with Gasteiger partial charge in [0.1, 0.15) is 35.9 Å². The lowest BCUT2D eigenvalue weighted by molar-refractivity contribution is -0.132. The van der Waals surface area contributed by atoms with E-state index >= 15 is 0 Å². The van der Waals surface area contributed by atoms with Gasteiger partial charge in [-0.3, -0.25) is 9.36 Å². The fourth-order valence-electron chi connectivity index (χ4n) is 5.08. The first-order chi connectivity index (χ1) is 17.1. The molecule has 3 fully saturated rings. The van der Waals surface area contributed by atoms with Crippen LogP contribution in [0.4, 0.5) is 5.82 Å². The highest BCUT2D eigenvalue weighted by Crippen LogP contribution is 2.38. The average molecular weight is 544 g/mol. The topological polar surface area (TPSA) is 170 Å². The second-order valence-electron chi connectivity index (χ2n) is 10.0. The number of halogens is 1. The van der Waals surface area contributed by atoms with Gasteiger partial charge in [0.05, 0.1) is 5.39 Å². The molecule has 0 radical (unpaired) electrons. The number of aromatic nitrogens is 3. The van der Waals surface area contributed by atoms with Gasteiger partial charge >= 0.3 is 7.60 Å². The van der Waals surface area contributed by atoms with Gasteiger partial charge < -0.3 is 39.5 Å². The van der Waals surface area contributed by atoms with E-state index in [0.29, 0.717) is 29.4 Å². The number of nitrogens with one attached hydrogen (secondary N) is 1. The molecule has 2 saturated carbocycles. The minimum atomic E-state index is -4.55. The van der Waals surface area contributed by atoms with Crippen LogP contribution in [-0.2, 0) is 14.1 Å². The van der Waals surface area contributed by atoms with Gasteiger partial charge in [0.15, 0.2) is 6.23 Å². The second kappa shape index (κ2) is 10.2. The zero-order valence-corrected chi connectivity index (χ0v) is 21.3. The summed E-state index contributed by atoms with van der Waals surface area (Å²) in [6, 6.07) is 2.09. The highest BCUT2D eigenvalue weighted by atomic mass is 35.5. The summed E-state index contributed by atoms with van der Waals surface area (Å²) < 4.78 is 19.0. The smallest absolute Gasteiger partial charge is 0.334 e. The summed E-state index contributed by atoms with van der Waals surface area (Å²) in [4.78, 5) is 41.1. The third-order valence-corrected chi connectivity index (χ3v) is 7.97. The Hall–Kier alpha value is -1.79. The third-order valence-electron chi connectivity index (χ3n) is 7.12. The number of hydrogen-bond acceptors (Lipinski definition) is 8. The van der Waals surface area contributed by atoms with Crippen molar-refractivity contribution in [1.82, 2.24) is 19.4 Å². The lowest BCUT2D eigenvalue weighted by atomic mass is 10.1. The summed E-state index contributed by atoms with van der Waals surface area (Å²) >= 11 is 6.21. The monoisotopic (exact) mass is 543 g/mol. The predicted octanol–water partition coefficient (Wildman–Crippen LogP) is 1.47. The van der Waals surface area contributed by atoms with E-state index in [-0.39, 0.29) is 17.7 Å². The SMILES string of the molecule is O=C(CP(=O)(O)O)N(CC1CC1)C[C@H]1O[C@@H](n2ccc3c(NC4CCCC4)nc(Cl)nc32)[C@H](O)[C@@H]1O. The molecule has 0 unspecified atom stereocenters. The summed E-state index contributed by atoms with van der Waals surface area (Å²) in [5, 5.41) is 25.8. The number of hydrogen-bond donors (Lipinski definition) is 5. The number of aliphatic hydroxyl groups excluding tert-OH is 2. The Morgan fingerprint density at radius 2 is 1.89 bits per heavy atom. The summed E-state index contributed by atoms with van der Waals surface area (Å²) in [5.41, 5.74) is 0.430. The van der Waals surface area contributed by atoms with Crippen LogP contribution in [0.1, 0.15) is 44.8 Å². The molecule has 0 bridgehead atoms. The number of anilines is 1. The zero-order chi connectivity index (χ0) is 25.6. The highest BCUT2D eigenvalue weighted by molar-refractivity contribution is 7.52. The minimum absolute atomic E-state index is 0.0335. The molecule has 2 aromatic rings. The second-order valence-corrected chi connectivity index (χ2v) is 12.0. The Kier molecular flexibility index (Phi) is 7.30. The molecule has 36 heavy (non-hydrogen) atoms. The van der Waals surface area contributed by atoms with E-state index in [1.165, 1.54) is 4.90 Å². The Morgan fingerprint density at radius 3 is 2.56 bits per heavy atom. The number of nitrogens with zero attached hydrogens (tertiary/aromatic N) is 4. The zero-order valence-electron chi connectivity index (χ0n) is 19.6. The van der Waals surface area contributed by atoms with Gasteiger partial charge in [-0.2, -0.15) is 4.98 Å². The van der Waals surface area contributed by atoms with Crippen LogP contribution < -0.4 is 5.32 Å². The van der Waals surface area contributed by atoms with Crippen molar-refractivity contribution in [3.8, 4) is 0 Å². The van der Waals surface area contributed by atoms with Crippen LogP contribution in [0.15, 0.2) is 12.3 Å². The fourth-order valence-corrected chi connectivity index (χ4v) is 5.80. The molecular formula is C22H31ClN5O7P. The summed E-state index contributed by atoms with van der Waals surface area (Å²) in [7, 11) is -4.55. The first-order valence-electron chi connectivity index (χ1n) is 12.2. The molecule has 2 aromatic heterocycles. The molecule has 12 nitrogen and oxygen atoms in total. The molecule has 5 rings (SSSR count). The van der Waals surface area contributed by atoms with Crippen molar-refractivity contribution in [2.24, 2.45) is 5.92 Å². The normalized spacial score (nSPS) is 27.1. The molecular weight excluding hydrogens is 513 g/mol. The fraction of sp³-hybridized carbons (Fsp3) is 0.682. The van der Waals surface area contributed by atoms with Gasteiger partial charge in [-0.25, -0.2) is 4.98 Å². The minimum Gasteiger partial charge on any atom is -0.387 e. The Bertz CT molecular complexity index is 1170.